The smallest absolute Gasteiger partial charge is 0.412 e. The Balaban J connectivity index is 1.66. The van der Waals surface area contributed by atoms with Crippen molar-refractivity contribution in [3.05, 3.63) is 107 Å². The second-order valence-electron chi connectivity index (χ2n) is 12.6. The predicted octanol–water partition coefficient (Wildman–Crippen LogP) is 7.64. The van der Waals surface area contributed by atoms with Crippen molar-refractivity contribution >= 4 is 29.0 Å². The summed E-state index contributed by atoms with van der Waals surface area (Å²) in [7, 11) is 7.52. The number of carbonyl (C=O) groups is 2. The Hall–Kier alpha value is -5.84. The Kier molecular flexibility index (Phi) is 11.3. The zero-order valence-electron chi connectivity index (χ0n) is 30.2. The van der Waals surface area contributed by atoms with Gasteiger partial charge in [0.2, 0.25) is 5.75 Å². The van der Waals surface area contributed by atoms with Crippen LogP contribution >= 0.6 is 0 Å². The predicted molar refractivity (Wildman–Crippen MR) is 195 cm³/mol. The number of carbonyl (C=O) groups excluding carboxylic acids is 2. The van der Waals surface area contributed by atoms with Crippen LogP contribution < -0.4 is 33.9 Å². The summed E-state index contributed by atoms with van der Waals surface area (Å²) in [6.07, 6.45) is 0.135. The lowest BCUT2D eigenvalue weighted by Gasteiger charge is -2.35. The lowest BCUT2D eigenvalue weighted by Crippen LogP contribution is -2.33. The molecule has 0 atom stereocenters. The fourth-order valence-electron chi connectivity index (χ4n) is 5.87. The summed E-state index contributed by atoms with van der Waals surface area (Å²) in [5, 5.41) is 2.76. The van der Waals surface area contributed by atoms with Gasteiger partial charge in [-0.2, -0.15) is 0 Å². The first-order chi connectivity index (χ1) is 24.5. The largest absolute Gasteiger partial charge is 0.493 e. The highest BCUT2D eigenvalue weighted by Crippen LogP contribution is 2.47. The van der Waals surface area contributed by atoms with Crippen molar-refractivity contribution in [2.45, 2.75) is 39.3 Å². The van der Waals surface area contributed by atoms with Crippen LogP contribution in [-0.4, -0.2) is 59.8 Å². The van der Waals surface area contributed by atoms with Gasteiger partial charge in [-0.3, -0.25) is 5.32 Å². The van der Waals surface area contributed by atoms with E-state index in [0.717, 1.165) is 16.7 Å². The van der Waals surface area contributed by atoms with Crippen molar-refractivity contribution < 1.29 is 42.7 Å². The number of hydrogen-bond donors (Lipinski definition) is 1. The van der Waals surface area contributed by atoms with E-state index >= 15 is 0 Å². The Bertz CT molecular complexity index is 1870. The number of methoxy groups -OCH3 is 5. The summed E-state index contributed by atoms with van der Waals surface area (Å²) >= 11 is 0. The molecular formula is C40H44N2O9. The minimum atomic E-state index is -0.651. The van der Waals surface area contributed by atoms with E-state index in [0.29, 0.717) is 64.3 Å². The highest BCUT2D eigenvalue weighted by Gasteiger charge is 2.34. The molecule has 268 valence electrons. The molecule has 0 bridgehead atoms. The molecule has 1 N–H and O–H groups in total. The van der Waals surface area contributed by atoms with Gasteiger partial charge in [0.25, 0.3) is 0 Å². The maximum absolute atomic E-state index is 13.9. The number of ether oxygens (including phenoxy) is 7. The Labute approximate surface area is 298 Å². The Morgan fingerprint density at radius 1 is 0.765 bits per heavy atom. The van der Waals surface area contributed by atoms with E-state index in [4.69, 9.17) is 33.2 Å². The van der Waals surface area contributed by atoms with Gasteiger partial charge in [0.1, 0.15) is 11.3 Å². The standard InChI is InChI=1S/C40H44N2O9/c1-40(2,3)51-39(44)41-28-14-16-29(17-15-28)42-24-27-22-32(50-19-18-25-12-10-9-11-13-25)31(45-4)23-30(27)35(36(42)38(43)49-8)26-20-33(46-5)37(48-7)34(21-26)47-6/h9-17,20-23H,18-19,24H2,1-8H3,(H,41,44). The van der Waals surface area contributed by atoms with Crippen molar-refractivity contribution in [3.8, 4) is 28.7 Å². The zero-order valence-corrected chi connectivity index (χ0v) is 30.2. The fraction of sp³-hybridized carbons (Fsp3) is 0.300. The van der Waals surface area contributed by atoms with Crippen LogP contribution in [0.1, 0.15) is 43.0 Å². The SMILES string of the molecule is COC(=O)C1=C(c2cc(OC)c(OC)c(OC)c2)c2cc(OC)c(OCCc3ccccc3)cc2CN1c1ccc(NC(=O)OC(C)(C)C)cc1. The minimum Gasteiger partial charge on any atom is -0.493 e. The van der Waals surface area contributed by atoms with Gasteiger partial charge in [-0.1, -0.05) is 30.3 Å². The average Bonchev–Trinajstić information content (AvgIpc) is 3.12. The molecule has 0 saturated carbocycles. The molecule has 11 heteroatoms. The van der Waals surface area contributed by atoms with E-state index in [1.807, 2.05) is 47.4 Å². The van der Waals surface area contributed by atoms with Gasteiger partial charge in [-0.25, -0.2) is 9.59 Å². The van der Waals surface area contributed by atoms with E-state index in [9.17, 15) is 9.59 Å². The number of nitrogens with one attached hydrogen (secondary N) is 1. The van der Waals surface area contributed by atoms with E-state index in [-0.39, 0.29) is 12.2 Å². The van der Waals surface area contributed by atoms with Gasteiger partial charge < -0.3 is 38.1 Å². The van der Waals surface area contributed by atoms with Crippen molar-refractivity contribution in [1.82, 2.24) is 0 Å². The summed E-state index contributed by atoms with van der Waals surface area (Å²) in [5.74, 6) is 1.73. The third-order valence-corrected chi connectivity index (χ3v) is 8.14. The van der Waals surface area contributed by atoms with E-state index in [2.05, 4.69) is 17.4 Å². The van der Waals surface area contributed by atoms with Gasteiger partial charge in [-0.15, -0.1) is 0 Å². The second kappa shape index (κ2) is 15.8. The molecule has 0 aromatic heterocycles. The molecular weight excluding hydrogens is 652 g/mol. The van der Waals surface area contributed by atoms with Gasteiger partial charge in [-0.05, 0) is 91.6 Å². The Morgan fingerprint density at radius 3 is 1.98 bits per heavy atom. The van der Waals surface area contributed by atoms with Crippen molar-refractivity contribution in [1.29, 1.82) is 0 Å². The number of fused-ring (bicyclic) bond motifs is 1. The average molecular weight is 697 g/mol. The van der Waals surface area contributed by atoms with Crippen LogP contribution in [0.25, 0.3) is 5.57 Å². The van der Waals surface area contributed by atoms with Gasteiger partial charge >= 0.3 is 12.1 Å². The van der Waals surface area contributed by atoms with Gasteiger partial charge in [0, 0.05) is 29.9 Å². The quantitative estimate of drug-likeness (QED) is 0.148. The lowest BCUT2D eigenvalue weighted by molar-refractivity contribution is -0.136. The number of benzene rings is 4. The van der Waals surface area contributed by atoms with Crippen LogP contribution in [0.3, 0.4) is 0 Å². The molecule has 0 fully saturated rings. The van der Waals surface area contributed by atoms with E-state index < -0.39 is 17.7 Å². The second-order valence-corrected chi connectivity index (χ2v) is 12.6. The molecule has 1 aliphatic heterocycles. The number of rotatable bonds is 12. The number of amides is 1. The summed E-state index contributed by atoms with van der Waals surface area (Å²) in [6, 6.07) is 24.6. The molecule has 0 saturated heterocycles. The number of hydrogen-bond acceptors (Lipinski definition) is 10. The van der Waals surface area contributed by atoms with Crippen LogP contribution in [0.15, 0.2) is 84.6 Å². The summed E-state index contributed by atoms with van der Waals surface area (Å²) in [4.78, 5) is 28.2. The van der Waals surface area contributed by atoms with Crippen LogP contribution in [0, 0.1) is 0 Å². The third kappa shape index (κ3) is 8.31. The first-order valence-electron chi connectivity index (χ1n) is 16.4. The Morgan fingerprint density at radius 2 is 1.41 bits per heavy atom. The molecule has 4 aromatic carbocycles. The summed E-state index contributed by atoms with van der Waals surface area (Å²) in [5.41, 5.74) is 4.72. The molecule has 1 heterocycles. The number of nitrogens with zero attached hydrogens (tertiary/aromatic N) is 1. The molecule has 4 aromatic rings. The number of anilines is 2. The normalized spacial score (nSPS) is 12.4. The maximum Gasteiger partial charge on any atom is 0.412 e. The molecule has 5 rings (SSSR count). The molecule has 1 amide bonds. The number of esters is 1. The van der Waals surface area contributed by atoms with Gasteiger partial charge in [0.15, 0.2) is 23.0 Å². The third-order valence-electron chi connectivity index (χ3n) is 8.14. The molecule has 0 unspecified atom stereocenters. The summed E-state index contributed by atoms with van der Waals surface area (Å²) in [6.45, 7) is 6.10. The topological polar surface area (TPSA) is 114 Å². The molecule has 1 aliphatic rings. The van der Waals surface area contributed by atoms with Crippen LogP contribution in [0.4, 0.5) is 16.2 Å². The zero-order chi connectivity index (χ0) is 36.7. The highest BCUT2D eigenvalue weighted by atomic mass is 16.6. The first kappa shape index (κ1) is 36.4. The monoisotopic (exact) mass is 696 g/mol. The van der Waals surface area contributed by atoms with E-state index in [1.165, 1.54) is 28.4 Å². The van der Waals surface area contributed by atoms with Gasteiger partial charge in [0.05, 0.1) is 42.2 Å². The summed E-state index contributed by atoms with van der Waals surface area (Å²) < 4.78 is 40.0. The van der Waals surface area contributed by atoms with Crippen LogP contribution in [0.2, 0.25) is 0 Å². The minimum absolute atomic E-state index is 0.270. The lowest BCUT2D eigenvalue weighted by atomic mass is 9.87. The highest BCUT2D eigenvalue weighted by molar-refractivity contribution is 6.07. The van der Waals surface area contributed by atoms with E-state index in [1.54, 1.807) is 52.1 Å². The van der Waals surface area contributed by atoms with Crippen LogP contribution in [-0.2, 0) is 27.2 Å². The van der Waals surface area contributed by atoms with Crippen molar-refractivity contribution in [2.75, 3.05) is 52.4 Å². The molecule has 11 nitrogen and oxygen atoms in total. The maximum atomic E-state index is 13.9. The van der Waals surface area contributed by atoms with Crippen molar-refractivity contribution in [3.63, 3.8) is 0 Å². The fourth-order valence-corrected chi connectivity index (χ4v) is 5.87. The first-order valence-corrected chi connectivity index (χ1v) is 16.4. The van der Waals surface area contributed by atoms with Crippen molar-refractivity contribution in [2.24, 2.45) is 0 Å². The van der Waals surface area contributed by atoms with Crippen LogP contribution in [0.5, 0.6) is 28.7 Å². The molecule has 51 heavy (non-hydrogen) atoms. The molecule has 0 aliphatic carbocycles. The molecule has 0 radical (unpaired) electrons. The molecule has 0 spiro atoms.